The molecule has 1 N–H and O–H groups in total. The van der Waals surface area contributed by atoms with E-state index in [2.05, 4.69) is 63.3 Å². The van der Waals surface area contributed by atoms with Crippen LogP contribution < -0.4 is 0 Å². The third kappa shape index (κ3) is 3.09. The molecule has 0 radical (unpaired) electrons. The average Bonchev–Trinajstić information content (AvgIpc) is 3.16. The summed E-state index contributed by atoms with van der Waals surface area (Å²) in [6, 6.07) is 11.0. The summed E-state index contributed by atoms with van der Waals surface area (Å²) >= 11 is 1.75. The number of rotatable bonds is 5. The quantitative estimate of drug-likeness (QED) is 0.721. The molecule has 1 unspecified atom stereocenters. The smallest absolute Gasteiger partial charge is 0.140 e. The van der Waals surface area contributed by atoms with Gasteiger partial charge in [0.25, 0.3) is 0 Å². The molecule has 114 valence electrons. The van der Waals surface area contributed by atoms with Crippen LogP contribution in [0.5, 0.6) is 0 Å². The van der Waals surface area contributed by atoms with Gasteiger partial charge in [-0.15, -0.1) is 11.8 Å². The molecule has 0 aliphatic rings. The Bertz CT molecular complexity index is 742. The van der Waals surface area contributed by atoms with Crippen molar-refractivity contribution in [3.05, 3.63) is 54.1 Å². The second kappa shape index (κ2) is 6.40. The van der Waals surface area contributed by atoms with E-state index in [0.29, 0.717) is 6.04 Å². The second-order valence-corrected chi connectivity index (χ2v) is 6.36. The summed E-state index contributed by atoms with van der Waals surface area (Å²) in [6.45, 7) is 4.22. The Balaban J connectivity index is 1.84. The number of imidazole rings is 1. The van der Waals surface area contributed by atoms with Gasteiger partial charge in [0, 0.05) is 41.0 Å². The molecule has 4 nitrogen and oxygen atoms in total. The van der Waals surface area contributed by atoms with Crippen LogP contribution in [-0.4, -0.2) is 26.0 Å². The number of hydrogen-bond donors (Lipinski definition) is 1. The van der Waals surface area contributed by atoms with E-state index in [1.54, 1.807) is 11.8 Å². The Morgan fingerprint density at radius 1 is 1.27 bits per heavy atom. The Kier molecular flexibility index (Phi) is 4.34. The van der Waals surface area contributed by atoms with Gasteiger partial charge in [-0.1, -0.05) is 12.1 Å². The second-order valence-electron chi connectivity index (χ2n) is 5.48. The highest BCUT2D eigenvalue weighted by atomic mass is 32.2. The number of aromatic nitrogens is 4. The molecule has 5 heteroatoms. The number of aromatic amines is 1. The number of thioether (sulfide) groups is 1. The molecule has 2 heterocycles. The van der Waals surface area contributed by atoms with Crippen LogP contribution in [0, 0.1) is 6.92 Å². The lowest BCUT2D eigenvalue weighted by molar-refractivity contribution is 0.543. The first-order valence-electron chi connectivity index (χ1n) is 7.35. The van der Waals surface area contributed by atoms with Gasteiger partial charge in [-0.25, -0.2) is 4.98 Å². The summed E-state index contributed by atoms with van der Waals surface area (Å²) < 4.78 is 2.22. The fourth-order valence-electron chi connectivity index (χ4n) is 2.61. The van der Waals surface area contributed by atoms with E-state index in [0.717, 1.165) is 29.2 Å². The summed E-state index contributed by atoms with van der Waals surface area (Å²) in [6.07, 6.45) is 6.88. The zero-order chi connectivity index (χ0) is 15.5. The molecule has 0 saturated heterocycles. The minimum Gasteiger partial charge on any atom is -0.328 e. The maximum atomic E-state index is 4.54. The summed E-state index contributed by atoms with van der Waals surface area (Å²) in [5, 5.41) is 7.33. The van der Waals surface area contributed by atoms with Gasteiger partial charge in [0.1, 0.15) is 5.82 Å². The third-order valence-electron chi connectivity index (χ3n) is 3.76. The van der Waals surface area contributed by atoms with Crippen LogP contribution in [0.4, 0.5) is 0 Å². The number of aryl methyl sites for hydroxylation is 1. The average molecular weight is 312 g/mol. The number of benzene rings is 1. The third-order valence-corrected chi connectivity index (χ3v) is 4.50. The van der Waals surface area contributed by atoms with Crippen LogP contribution in [0.25, 0.3) is 11.4 Å². The van der Waals surface area contributed by atoms with Crippen LogP contribution in [-0.2, 0) is 6.42 Å². The molecular weight excluding hydrogens is 292 g/mol. The summed E-state index contributed by atoms with van der Waals surface area (Å²) in [5.74, 6) is 1.01. The number of hydrogen-bond acceptors (Lipinski definition) is 3. The van der Waals surface area contributed by atoms with E-state index in [9.17, 15) is 0 Å². The Hall–Kier alpha value is -2.01. The van der Waals surface area contributed by atoms with E-state index >= 15 is 0 Å². The molecule has 0 fully saturated rings. The standard InChI is InChI=1S/C17H20N4S/c1-12-10-15(20-19-12)11-13(2)21-9-8-18-17(21)14-4-6-16(22-3)7-5-14/h4-10,13H,11H2,1-3H3,(H,19,20). The van der Waals surface area contributed by atoms with Crippen molar-refractivity contribution in [1.82, 2.24) is 19.7 Å². The number of nitrogens with zero attached hydrogens (tertiary/aromatic N) is 3. The number of nitrogens with one attached hydrogen (secondary N) is 1. The van der Waals surface area contributed by atoms with Crippen molar-refractivity contribution in [1.29, 1.82) is 0 Å². The van der Waals surface area contributed by atoms with Gasteiger partial charge >= 0.3 is 0 Å². The topological polar surface area (TPSA) is 46.5 Å². The van der Waals surface area contributed by atoms with Gasteiger partial charge in [0.15, 0.2) is 0 Å². The monoisotopic (exact) mass is 312 g/mol. The van der Waals surface area contributed by atoms with E-state index in [1.165, 1.54) is 4.90 Å². The van der Waals surface area contributed by atoms with Crippen molar-refractivity contribution in [2.45, 2.75) is 31.2 Å². The van der Waals surface area contributed by atoms with Crippen molar-refractivity contribution in [2.24, 2.45) is 0 Å². The van der Waals surface area contributed by atoms with Crippen LogP contribution in [0.2, 0.25) is 0 Å². The van der Waals surface area contributed by atoms with Gasteiger partial charge in [-0.3, -0.25) is 5.10 Å². The van der Waals surface area contributed by atoms with Crippen molar-refractivity contribution in [3.8, 4) is 11.4 Å². The first-order valence-corrected chi connectivity index (χ1v) is 8.58. The van der Waals surface area contributed by atoms with Gasteiger partial charge in [-0.2, -0.15) is 5.10 Å². The predicted octanol–water partition coefficient (Wildman–Crippen LogP) is 4.11. The molecule has 0 saturated carbocycles. The Labute approximate surface area is 135 Å². The summed E-state index contributed by atoms with van der Waals surface area (Å²) in [4.78, 5) is 5.80. The van der Waals surface area contributed by atoms with E-state index in [4.69, 9.17) is 0 Å². The molecule has 3 rings (SSSR count). The zero-order valence-electron chi connectivity index (χ0n) is 13.1. The molecule has 0 bridgehead atoms. The van der Waals surface area contributed by atoms with E-state index in [1.807, 2.05) is 19.3 Å². The first kappa shape index (κ1) is 14.9. The lowest BCUT2D eigenvalue weighted by Gasteiger charge is -2.15. The van der Waals surface area contributed by atoms with Crippen molar-refractivity contribution in [3.63, 3.8) is 0 Å². The molecule has 3 aromatic rings. The van der Waals surface area contributed by atoms with Crippen LogP contribution in [0.1, 0.15) is 24.4 Å². The fraction of sp³-hybridized carbons (Fsp3) is 0.294. The van der Waals surface area contributed by atoms with Crippen molar-refractivity contribution < 1.29 is 0 Å². The van der Waals surface area contributed by atoms with Gasteiger partial charge in [0.05, 0.1) is 5.69 Å². The molecule has 0 spiro atoms. The van der Waals surface area contributed by atoms with Crippen molar-refractivity contribution in [2.75, 3.05) is 6.26 Å². The molecule has 0 aliphatic carbocycles. The lowest BCUT2D eigenvalue weighted by atomic mass is 10.1. The largest absolute Gasteiger partial charge is 0.328 e. The van der Waals surface area contributed by atoms with Crippen LogP contribution in [0.3, 0.4) is 0 Å². The molecule has 22 heavy (non-hydrogen) atoms. The lowest BCUT2D eigenvalue weighted by Crippen LogP contribution is -2.09. The van der Waals surface area contributed by atoms with Gasteiger partial charge < -0.3 is 4.57 Å². The van der Waals surface area contributed by atoms with Gasteiger partial charge in [-0.05, 0) is 38.3 Å². The SMILES string of the molecule is CSc1ccc(-c2nccn2C(C)Cc2cc(C)[nH]n2)cc1. The van der Waals surface area contributed by atoms with Gasteiger partial charge in [0.2, 0.25) is 0 Å². The number of H-pyrrole nitrogens is 1. The Morgan fingerprint density at radius 3 is 2.68 bits per heavy atom. The molecule has 1 atom stereocenters. The highest BCUT2D eigenvalue weighted by Crippen LogP contribution is 2.25. The van der Waals surface area contributed by atoms with Crippen molar-refractivity contribution >= 4 is 11.8 Å². The van der Waals surface area contributed by atoms with Crippen LogP contribution in [0.15, 0.2) is 47.6 Å². The molecule has 0 amide bonds. The summed E-state index contributed by atoms with van der Waals surface area (Å²) in [5.41, 5.74) is 3.33. The minimum atomic E-state index is 0.306. The van der Waals surface area contributed by atoms with E-state index < -0.39 is 0 Å². The Morgan fingerprint density at radius 2 is 2.05 bits per heavy atom. The van der Waals surface area contributed by atoms with Crippen LogP contribution >= 0.6 is 11.8 Å². The molecule has 0 aliphatic heterocycles. The maximum Gasteiger partial charge on any atom is 0.140 e. The molecule has 2 aromatic heterocycles. The molecular formula is C17H20N4S. The minimum absolute atomic E-state index is 0.306. The predicted molar refractivity (Wildman–Crippen MR) is 91.2 cm³/mol. The van der Waals surface area contributed by atoms with E-state index in [-0.39, 0.29) is 0 Å². The first-order chi connectivity index (χ1) is 10.7. The fourth-order valence-corrected chi connectivity index (χ4v) is 3.02. The summed E-state index contributed by atoms with van der Waals surface area (Å²) in [7, 11) is 0. The highest BCUT2D eigenvalue weighted by Gasteiger charge is 2.13. The zero-order valence-corrected chi connectivity index (χ0v) is 13.9. The highest BCUT2D eigenvalue weighted by molar-refractivity contribution is 7.98. The molecule has 1 aromatic carbocycles. The maximum absolute atomic E-state index is 4.54. The normalized spacial score (nSPS) is 12.5.